The third-order valence-corrected chi connectivity index (χ3v) is 5.57. The van der Waals surface area contributed by atoms with E-state index in [2.05, 4.69) is 17.0 Å². The van der Waals surface area contributed by atoms with Crippen LogP contribution in [-0.4, -0.2) is 71.4 Å². The molecular weight excluding hydrogens is 328 g/mol. The number of rotatable bonds is 2. The number of hydrogen-bond donors (Lipinski definition) is 0. The predicted molar refractivity (Wildman–Crippen MR) is 99.9 cm³/mol. The maximum atomic E-state index is 13.0. The largest absolute Gasteiger partial charge is 0.378 e. The van der Waals surface area contributed by atoms with Crippen LogP contribution in [0.15, 0.2) is 30.3 Å². The number of ether oxygens (including phenoxy) is 1. The van der Waals surface area contributed by atoms with Crippen LogP contribution in [0.2, 0.25) is 0 Å². The van der Waals surface area contributed by atoms with E-state index in [1.807, 2.05) is 41.9 Å². The molecule has 4 rings (SSSR count). The third kappa shape index (κ3) is 3.15. The molecule has 1 fully saturated rings. The fourth-order valence-electron chi connectivity index (χ4n) is 3.98. The average Bonchev–Trinajstić information content (AvgIpc) is 2.84. The van der Waals surface area contributed by atoms with Crippen LogP contribution >= 0.6 is 0 Å². The molecule has 0 bridgehead atoms. The second-order valence-corrected chi connectivity index (χ2v) is 7.16. The first-order valence-electron chi connectivity index (χ1n) is 9.32. The van der Waals surface area contributed by atoms with Gasteiger partial charge in [0.25, 0.3) is 0 Å². The van der Waals surface area contributed by atoms with Crippen molar-refractivity contribution in [2.45, 2.75) is 18.9 Å². The molecule has 1 aromatic carbocycles. The molecule has 2 aliphatic heterocycles. The van der Waals surface area contributed by atoms with E-state index in [-0.39, 0.29) is 11.9 Å². The standard InChI is InChI=1S/C20H26N4O2/c1-22-12-13-26-14-18(22)20(25)24-10-8-16-17(9-11-24)23(2)21-19(16)15-6-4-3-5-7-15/h3-7,18H,8-14H2,1-2H3/t18-/m0/s1. The van der Waals surface area contributed by atoms with E-state index in [1.54, 1.807) is 0 Å². The van der Waals surface area contributed by atoms with Crippen LogP contribution in [0.3, 0.4) is 0 Å². The van der Waals surface area contributed by atoms with Gasteiger partial charge in [0, 0.05) is 49.9 Å². The molecular formula is C20H26N4O2. The van der Waals surface area contributed by atoms with E-state index < -0.39 is 0 Å². The monoisotopic (exact) mass is 354 g/mol. The molecule has 1 aromatic heterocycles. The van der Waals surface area contributed by atoms with Crippen LogP contribution in [0.5, 0.6) is 0 Å². The molecule has 3 heterocycles. The number of aromatic nitrogens is 2. The van der Waals surface area contributed by atoms with Gasteiger partial charge in [-0.3, -0.25) is 14.4 Å². The maximum Gasteiger partial charge on any atom is 0.242 e. The summed E-state index contributed by atoms with van der Waals surface area (Å²) < 4.78 is 7.52. The number of hydrogen-bond acceptors (Lipinski definition) is 4. The zero-order chi connectivity index (χ0) is 18.1. The van der Waals surface area contributed by atoms with Crippen LogP contribution in [0.1, 0.15) is 11.3 Å². The lowest BCUT2D eigenvalue weighted by molar-refractivity contribution is -0.142. The molecule has 0 saturated carbocycles. The molecule has 1 saturated heterocycles. The van der Waals surface area contributed by atoms with Crippen molar-refractivity contribution in [2.24, 2.45) is 7.05 Å². The summed E-state index contributed by atoms with van der Waals surface area (Å²) in [7, 11) is 4.01. The summed E-state index contributed by atoms with van der Waals surface area (Å²) >= 11 is 0. The number of likely N-dealkylation sites (N-methyl/N-ethyl adjacent to an activating group) is 1. The van der Waals surface area contributed by atoms with E-state index in [4.69, 9.17) is 9.84 Å². The van der Waals surface area contributed by atoms with Crippen molar-refractivity contribution in [1.29, 1.82) is 0 Å². The number of aryl methyl sites for hydroxylation is 1. The molecule has 1 atom stereocenters. The van der Waals surface area contributed by atoms with E-state index >= 15 is 0 Å². The minimum atomic E-state index is -0.156. The van der Waals surface area contributed by atoms with Crippen LogP contribution in [-0.2, 0) is 29.4 Å². The van der Waals surface area contributed by atoms with Crippen molar-refractivity contribution in [3.05, 3.63) is 41.6 Å². The highest BCUT2D eigenvalue weighted by atomic mass is 16.5. The fraction of sp³-hybridized carbons (Fsp3) is 0.500. The first-order chi connectivity index (χ1) is 12.6. The zero-order valence-corrected chi connectivity index (χ0v) is 15.5. The Kier molecular flexibility index (Phi) is 4.78. The number of carbonyl (C=O) groups is 1. The van der Waals surface area contributed by atoms with Crippen LogP contribution in [0.4, 0.5) is 0 Å². The first-order valence-corrected chi connectivity index (χ1v) is 9.32. The molecule has 0 N–H and O–H groups in total. The van der Waals surface area contributed by atoms with Crippen LogP contribution in [0, 0.1) is 0 Å². The molecule has 1 amide bonds. The van der Waals surface area contributed by atoms with Crippen LogP contribution in [0.25, 0.3) is 11.3 Å². The van der Waals surface area contributed by atoms with E-state index in [9.17, 15) is 4.79 Å². The Labute approximate surface area is 154 Å². The second-order valence-electron chi connectivity index (χ2n) is 7.16. The van der Waals surface area contributed by atoms with Gasteiger partial charge in [0.1, 0.15) is 6.04 Å². The van der Waals surface area contributed by atoms with Gasteiger partial charge in [-0.2, -0.15) is 5.10 Å². The summed E-state index contributed by atoms with van der Waals surface area (Å²) in [6, 6.07) is 10.2. The van der Waals surface area contributed by atoms with Crippen molar-refractivity contribution in [2.75, 3.05) is 39.9 Å². The lowest BCUT2D eigenvalue weighted by atomic mass is 10.0. The topological polar surface area (TPSA) is 50.6 Å². The Hall–Kier alpha value is -2.18. The summed E-state index contributed by atoms with van der Waals surface area (Å²) in [5.74, 6) is 0.189. The van der Waals surface area contributed by atoms with Gasteiger partial charge in [0.15, 0.2) is 0 Å². The summed E-state index contributed by atoms with van der Waals surface area (Å²) in [5.41, 5.74) is 4.72. The first kappa shape index (κ1) is 17.2. The Morgan fingerprint density at radius 3 is 2.65 bits per heavy atom. The second kappa shape index (κ2) is 7.21. The Balaban J connectivity index is 1.55. The summed E-state index contributed by atoms with van der Waals surface area (Å²) in [4.78, 5) is 17.1. The van der Waals surface area contributed by atoms with Crippen molar-refractivity contribution >= 4 is 5.91 Å². The predicted octanol–water partition coefficient (Wildman–Crippen LogP) is 1.34. The lowest BCUT2D eigenvalue weighted by Crippen LogP contribution is -2.53. The highest BCUT2D eigenvalue weighted by Gasteiger charge is 2.32. The summed E-state index contributed by atoms with van der Waals surface area (Å²) in [5, 5.41) is 4.76. The van der Waals surface area contributed by atoms with Gasteiger partial charge in [0.05, 0.1) is 18.9 Å². The quantitative estimate of drug-likeness (QED) is 0.817. The van der Waals surface area contributed by atoms with Crippen molar-refractivity contribution in [3.63, 3.8) is 0 Å². The van der Waals surface area contributed by atoms with E-state index in [1.165, 1.54) is 11.3 Å². The van der Waals surface area contributed by atoms with Gasteiger partial charge in [-0.25, -0.2) is 0 Å². The Morgan fingerprint density at radius 2 is 1.88 bits per heavy atom. The third-order valence-electron chi connectivity index (χ3n) is 5.57. The Bertz CT molecular complexity index is 787. The normalized spacial score (nSPS) is 21.3. The fourth-order valence-corrected chi connectivity index (χ4v) is 3.98. The number of benzene rings is 1. The average molecular weight is 354 g/mol. The summed E-state index contributed by atoms with van der Waals surface area (Å²) in [6.45, 7) is 3.49. The molecule has 0 spiro atoms. The van der Waals surface area contributed by atoms with Crippen molar-refractivity contribution in [1.82, 2.24) is 19.6 Å². The van der Waals surface area contributed by atoms with Crippen LogP contribution < -0.4 is 0 Å². The SMILES string of the molecule is CN1CCOC[C@H]1C(=O)N1CCc2c(-c3ccccc3)nn(C)c2CC1. The van der Waals surface area contributed by atoms with Gasteiger partial charge in [-0.05, 0) is 13.5 Å². The van der Waals surface area contributed by atoms with Gasteiger partial charge in [-0.1, -0.05) is 30.3 Å². The highest BCUT2D eigenvalue weighted by molar-refractivity contribution is 5.82. The molecule has 0 radical (unpaired) electrons. The zero-order valence-electron chi connectivity index (χ0n) is 15.5. The molecule has 6 heteroatoms. The number of amides is 1. The van der Waals surface area contributed by atoms with Crippen molar-refractivity contribution in [3.8, 4) is 11.3 Å². The minimum Gasteiger partial charge on any atom is -0.378 e. The maximum absolute atomic E-state index is 13.0. The summed E-state index contributed by atoms with van der Waals surface area (Å²) in [6.07, 6.45) is 1.69. The minimum absolute atomic E-state index is 0.156. The molecule has 0 aliphatic carbocycles. The number of morpholine rings is 1. The van der Waals surface area contributed by atoms with E-state index in [0.717, 1.165) is 43.7 Å². The lowest BCUT2D eigenvalue weighted by Gasteiger charge is -2.34. The van der Waals surface area contributed by atoms with E-state index in [0.29, 0.717) is 13.2 Å². The molecule has 26 heavy (non-hydrogen) atoms. The molecule has 2 aliphatic rings. The molecule has 138 valence electrons. The molecule has 2 aromatic rings. The number of nitrogens with zero attached hydrogens (tertiary/aromatic N) is 4. The number of carbonyl (C=O) groups excluding carboxylic acids is 1. The Morgan fingerprint density at radius 1 is 1.12 bits per heavy atom. The molecule has 6 nitrogen and oxygen atoms in total. The smallest absolute Gasteiger partial charge is 0.242 e. The van der Waals surface area contributed by atoms with Crippen molar-refractivity contribution < 1.29 is 9.53 Å². The van der Waals surface area contributed by atoms with Gasteiger partial charge in [-0.15, -0.1) is 0 Å². The van der Waals surface area contributed by atoms with Gasteiger partial charge < -0.3 is 9.64 Å². The molecule has 0 unspecified atom stereocenters. The number of fused-ring (bicyclic) bond motifs is 1. The van der Waals surface area contributed by atoms with Gasteiger partial charge in [0.2, 0.25) is 5.91 Å². The van der Waals surface area contributed by atoms with Gasteiger partial charge >= 0.3 is 0 Å². The highest BCUT2D eigenvalue weighted by Crippen LogP contribution is 2.28.